The normalized spacial score (nSPS) is 22.1. The van der Waals surface area contributed by atoms with Gasteiger partial charge < -0.3 is 9.30 Å². The van der Waals surface area contributed by atoms with Crippen LogP contribution >= 0.6 is 11.6 Å². The first-order chi connectivity index (χ1) is 8.27. The molecular formula is C12H14ClN3O. The highest BCUT2D eigenvalue weighted by Crippen LogP contribution is 2.30. The molecule has 90 valence electrons. The molecule has 2 aromatic heterocycles. The van der Waals surface area contributed by atoms with Gasteiger partial charge in [0.25, 0.3) is 0 Å². The number of aromatic nitrogens is 3. The van der Waals surface area contributed by atoms with Crippen LogP contribution in [0.1, 0.15) is 30.6 Å². The molecule has 2 aromatic rings. The van der Waals surface area contributed by atoms with E-state index >= 15 is 0 Å². The minimum absolute atomic E-state index is 0.108. The molecule has 0 N–H and O–H groups in total. The Labute approximate surface area is 105 Å². The van der Waals surface area contributed by atoms with Crippen molar-refractivity contribution in [1.82, 2.24) is 14.5 Å². The summed E-state index contributed by atoms with van der Waals surface area (Å²) in [7, 11) is 0. The van der Waals surface area contributed by atoms with Gasteiger partial charge in [-0.2, -0.15) is 0 Å². The quantitative estimate of drug-likeness (QED) is 0.771. The number of ether oxygens (including phenoxy) is 1. The summed E-state index contributed by atoms with van der Waals surface area (Å²) in [6, 6.07) is 2.34. The summed E-state index contributed by atoms with van der Waals surface area (Å²) in [4.78, 5) is 8.67. The molecule has 0 radical (unpaired) electrons. The SMILES string of the molecule is CC(Cl)c1nc2cnccc2n1C1CCOC1. The first kappa shape index (κ1) is 11.0. The van der Waals surface area contributed by atoms with Gasteiger partial charge in [0.2, 0.25) is 0 Å². The lowest BCUT2D eigenvalue weighted by Crippen LogP contribution is -2.12. The maximum atomic E-state index is 6.21. The number of imidazole rings is 1. The van der Waals surface area contributed by atoms with Crippen LogP contribution in [0.3, 0.4) is 0 Å². The number of halogens is 1. The van der Waals surface area contributed by atoms with Crippen molar-refractivity contribution in [3.63, 3.8) is 0 Å². The highest BCUT2D eigenvalue weighted by Gasteiger charge is 2.24. The molecule has 17 heavy (non-hydrogen) atoms. The molecule has 5 heteroatoms. The Kier molecular flexibility index (Phi) is 2.76. The average Bonchev–Trinajstić information content (AvgIpc) is 2.94. The topological polar surface area (TPSA) is 39.9 Å². The van der Waals surface area contributed by atoms with Gasteiger partial charge in [-0.25, -0.2) is 4.98 Å². The zero-order chi connectivity index (χ0) is 11.8. The summed E-state index contributed by atoms with van der Waals surface area (Å²) in [6.45, 7) is 3.50. The highest BCUT2D eigenvalue weighted by atomic mass is 35.5. The molecule has 0 bridgehead atoms. The van der Waals surface area contributed by atoms with E-state index in [-0.39, 0.29) is 5.38 Å². The molecule has 0 aliphatic carbocycles. The van der Waals surface area contributed by atoms with Gasteiger partial charge in [-0.05, 0) is 19.4 Å². The number of hydrogen-bond donors (Lipinski definition) is 0. The first-order valence-electron chi connectivity index (χ1n) is 5.81. The van der Waals surface area contributed by atoms with E-state index in [1.165, 1.54) is 0 Å². The number of hydrogen-bond acceptors (Lipinski definition) is 3. The third-order valence-corrected chi connectivity index (χ3v) is 3.34. The van der Waals surface area contributed by atoms with Crippen LogP contribution in [0.25, 0.3) is 11.0 Å². The Morgan fingerprint density at radius 1 is 1.59 bits per heavy atom. The summed E-state index contributed by atoms with van der Waals surface area (Å²) in [6.07, 6.45) is 4.59. The van der Waals surface area contributed by atoms with Crippen LogP contribution in [0.15, 0.2) is 18.5 Å². The predicted octanol–water partition coefficient (Wildman–Crippen LogP) is 2.69. The molecule has 3 heterocycles. The van der Waals surface area contributed by atoms with Crippen molar-refractivity contribution >= 4 is 22.6 Å². The Bertz CT molecular complexity index is 532. The fourth-order valence-electron chi connectivity index (χ4n) is 2.36. The van der Waals surface area contributed by atoms with E-state index in [0.717, 1.165) is 36.5 Å². The van der Waals surface area contributed by atoms with Gasteiger partial charge in [0.15, 0.2) is 0 Å². The standard InChI is InChI=1S/C12H14ClN3O/c1-8(13)12-15-10-6-14-4-2-11(10)16(12)9-3-5-17-7-9/h2,4,6,8-9H,3,5,7H2,1H3. The van der Waals surface area contributed by atoms with Crippen molar-refractivity contribution in [2.24, 2.45) is 0 Å². The van der Waals surface area contributed by atoms with Crippen molar-refractivity contribution in [2.75, 3.05) is 13.2 Å². The number of fused-ring (bicyclic) bond motifs is 1. The maximum absolute atomic E-state index is 6.21. The maximum Gasteiger partial charge on any atom is 0.128 e. The van der Waals surface area contributed by atoms with Gasteiger partial charge in [-0.1, -0.05) is 0 Å². The first-order valence-corrected chi connectivity index (χ1v) is 6.24. The van der Waals surface area contributed by atoms with Crippen molar-refractivity contribution in [3.8, 4) is 0 Å². The van der Waals surface area contributed by atoms with Gasteiger partial charge in [-0.15, -0.1) is 11.6 Å². The molecule has 1 aliphatic rings. The number of nitrogens with zero attached hydrogens (tertiary/aromatic N) is 3. The number of rotatable bonds is 2. The van der Waals surface area contributed by atoms with Gasteiger partial charge in [0.05, 0.1) is 29.7 Å². The van der Waals surface area contributed by atoms with E-state index in [2.05, 4.69) is 14.5 Å². The van der Waals surface area contributed by atoms with E-state index in [4.69, 9.17) is 16.3 Å². The van der Waals surface area contributed by atoms with Crippen LogP contribution in [0.4, 0.5) is 0 Å². The largest absolute Gasteiger partial charge is 0.379 e. The molecule has 0 saturated carbocycles. The van der Waals surface area contributed by atoms with Crippen LogP contribution in [0.2, 0.25) is 0 Å². The van der Waals surface area contributed by atoms with E-state index in [9.17, 15) is 0 Å². The zero-order valence-electron chi connectivity index (χ0n) is 9.64. The summed E-state index contributed by atoms with van der Waals surface area (Å²) >= 11 is 6.21. The minimum Gasteiger partial charge on any atom is -0.379 e. The molecule has 0 spiro atoms. The third-order valence-electron chi connectivity index (χ3n) is 3.15. The Morgan fingerprint density at radius 3 is 3.18 bits per heavy atom. The molecule has 2 atom stereocenters. The Balaban J connectivity index is 2.20. The van der Waals surface area contributed by atoms with Crippen molar-refractivity contribution < 1.29 is 4.74 Å². The van der Waals surface area contributed by atoms with E-state index < -0.39 is 0 Å². The van der Waals surface area contributed by atoms with E-state index in [1.807, 2.05) is 13.0 Å². The average molecular weight is 252 g/mol. The number of alkyl halides is 1. The molecular weight excluding hydrogens is 238 g/mol. The highest BCUT2D eigenvalue weighted by molar-refractivity contribution is 6.20. The van der Waals surface area contributed by atoms with Gasteiger partial charge in [-0.3, -0.25) is 4.98 Å². The molecule has 0 amide bonds. The van der Waals surface area contributed by atoms with Crippen molar-refractivity contribution in [3.05, 3.63) is 24.3 Å². The fourth-order valence-corrected chi connectivity index (χ4v) is 2.51. The van der Waals surface area contributed by atoms with Crippen LogP contribution in [-0.4, -0.2) is 27.7 Å². The van der Waals surface area contributed by atoms with E-state index in [1.54, 1.807) is 12.4 Å². The van der Waals surface area contributed by atoms with Crippen molar-refractivity contribution in [1.29, 1.82) is 0 Å². The fraction of sp³-hybridized carbons (Fsp3) is 0.500. The molecule has 1 saturated heterocycles. The van der Waals surface area contributed by atoms with Gasteiger partial charge >= 0.3 is 0 Å². The molecule has 1 aliphatic heterocycles. The second-order valence-electron chi connectivity index (χ2n) is 4.34. The lowest BCUT2D eigenvalue weighted by Gasteiger charge is -2.15. The predicted molar refractivity (Wildman–Crippen MR) is 66.3 cm³/mol. The second kappa shape index (κ2) is 4.27. The van der Waals surface area contributed by atoms with Gasteiger partial charge in [0, 0.05) is 12.8 Å². The molecule has 3 rings (SSSR count). The minimum atomic E-state index is -0.108. The molecule has 2 unspecified atom stereocenters. The van der Waals surface area contributed by atoms with Crippen molar-refractivity contribution in [2.45, 2.75) is 24.8 Å². The molecule has 0 aromatic carbocycles. The van der Waals surface area contributed by atoms with Crippen LogP contribution in [-0.2, 0) is 4.74 Å². The summed E-state index contributed by atoms with van der Waals surface area (Å²) in [5, 5.41) is -0.108. The smallest absolute Gasteiger partial charge is 0.128 e. The van der Waals surface area contributed by atoms with Gasteiger partial charge in [0.1, 0.15) is 11.3 Å². The second-order valence-corrected chi connectivity index (χ2v) is 4.99. The van der Waals surface area contributed by atoms with Crippen LogP contribution in [0.5, 0.6) is 0 Å². The zero-order valence-corrected chi connectivity index (χ0v) is 10.4. The Morgan fingerprint density at radius 2 is 2.47 bits per heavy atom. The Hall–Kier alpha value is -1.13. The van der Waals surface area contributed by atoms with E-state index in [0.29, 0.717) is 6.04 Å². The number of pyridine rings is 1. The summed E-state index contributed by atoms with van der Waals surface area (Å²) in [5.41, 5.74) is 2.00. The summed E-state index contributed by atoms with van der Waals surface area (Å²) < 4.78 is 7.67. The lowest BCUT2D eigenvalue weighted by atomic mass is 10.2. The monoisotopic (exact) mass is 251 g/mol. The lowest BCUT2D eigenvalue weighted by molar-refractivity contribution is 0.186. The third kappa shape index (κ3) is 1.81. The molecule has 4 nitrogen and oxygen atoms in total. The van der Waals surface area contributed by atoms with Crippen LogP contribution < -0.4 is 0 Å². The van der Waals surface area contributed by atoms with Crippen LogP contribution in [0, 0.1) is 0 Å². The summed E-state index contributed by atoms with van der Waals surface area (Å²) in [5.74, 6) is 0.908. The molecule has 1 fully saturated rings.